The molecule has 128 valence electrons. The minimum Gasteiger partial charge on any atom is -0.487 e. The van der Waals surface area contributed by atoms with Crippen molar-refractivity contribution in [1.29, 1.82) is 0 Å². The number of halogens is 1. The molecule has 4 nitrogen and oxygen atoms in total. The third kappa shape index (κ3) is 4.59. The Morgan fingerprint density at radius 2 is 1.40 bits per heavy atom. The number of carbonyl (C=O) groups excluding carboxylic acids is 1. The van der Waals surface area contributed by atoms with E-state index in [4.69, 9.17) is 10.6 Å². The monoisotopic (exact) mass is 354 g/mol. The average molecular weight is 355 g/mol. The van der Waals surface area contributed by atoms with Crippen molar-refractivity contribution in [1.82, 2.24) is 0 Å². The van der Waals surface area contributed by atoms with Gasteiger partial charge in [-0.1, -0.05) is 60.7 Å². The van der Waals surface area contributed by atoms with Gasteiger partial charge >= 0.3 is 0 Å². The van der Waals surface area contributed by atoms with Crippen LogP contribution in [0.1, 0.15) is 15.9 Å². The molecule has 0 aliphatic heterocycles. The molecule has 1 amide bonds. The van der Waals surface area contributed by atoms with E-state index in [1.54, 1.807) is 36.4 Å². The fraction of sp³-hybridized carbons (Fsp3) is 0.0500. The molecular weight excluding hydrogens is 336 g/mol. The smallest absolute Gasteiger partial charge is 0.272 e. The zero-order valence-corrected chi connectivity index (χ0v) is 14.4. The van der Waals surface area contributed by atoms with Crippen molar-refractivity contribution in [3.63, 3.8) is 0 Å². The van der Waals surface area contributed by atoms with E-state index in [9.17, 15) is 4.79 Å². The lowest BCUT2D eigenvalue weighted by Gasteiger charge is -2.20. The standard InChI is InChI=1S/C20H18N2O2.ClH/c21-22(20(23)17-11-5-2-6-12-17)18-13-7-8-14-19(18)24-15-16-9-3-1-4-10-16;/h1-14H,15,21H2;1H. The van der Waals surface area contributed by atoms with E-state index in [1.807, 2.05) is 48.5 Å². The Balaban J connectivity index is 0.00000225. The van der Waals surface area contributed by atoms with Crippen LogP contribution in [0.3, 0.4) is 0 Å². The summed E-state index contributed by atoms with van der Waals surface area (Å²) in [5.41, 5.74) is 2.10. The number of carbonyl (C=O) groups is 1. The SMILES string of the molecule is Cl.NN(C(=O)c1ccccc1)c1ccccc1OCc1ccccc1. The second-order valence-corrected chi connectivity index (χ2v) is 5.28. The lowest BCUT2D eigenvalue weighted by Crippen LogP contribution is -2.37. The Bertz CT molecular complexity index is 810. The Morgan fingerprint density at radius 1 is 0.840 bits per heavy atom. The molecule has 3 aromatic rings. The molecule has 5 heteroatoms. The highest BCUT2D eigenvalue weighted by Crippen LogP contribution is 2.28. The number of ether oxygens (including phenoxy) is 1. The van der Waals surface area contributed by atoms with Crippen LogP contribution in [-0.2, 0) is 6.61 Å². The first-order valence-corrected chi connectivity index (χ1v) is 7.65. The zero-order chi connectivity index (χ0) is 16.8. The van der Waals surface area contributed by atoms with Crippen LogP contribution in [0.15, 0.2) is 84.9 Å². The van der Waals surface area contributed by atoms with Gasteiger partial charge in [0.1, 0.15) is 18.0 Å². The highest BCUT2D eigenvalue weighted by atomic mass is 35.5. The van der Waals surface area contributed by atoms with E-state index in [2.05, 4.69) is 0 Å². The number of amides is 1. The lowest BCUT2D eigenvalue weighted by molar-refractivity contribution is 0.0986. The van der Waals surface area contributed by atoms with Gasteiger partial charge in [0.2, 0.25) is 0 Å². The van der Waals surface area contributed by atoms with Crippen molar-refractivity contribution in [3.8, 4) is 5.75 Å². The van der Waals surface area contributed by atoms with Gasteiger partial charge in [0.05, 0.1) is 0 Å². The summed E-state index contributed by atoms with van der Waals surface area (Å²) >= 11 is 0. The predicted octanol–water partition coefficient (Wildman–Crippen LogP) is 4.21. The molecule has 3 rings (SSSR count). The van der Waals surface area contributed by atoms with Crippen molar-refractivity contribution in [2.24, 2.45) is 5.84 Å². The first-order valence-electron chi connectivity index (χ1n) is 7.65. The third-order valence-electron chi connectivity index (χ3n) is 3.60. The summed E-state index contributed by atoms with van der Waals surface area (Å²) in [5, 5.41) is 1.12. The fourth-order valence-corrected chi connectivity index (χ4v) is 2.34. The van der Waals surface area contributed by atoms with Gasteiger partial charge in [0.25, 0.3) is 5.91 Å². The molecular formula is C20H19ClN2O2. The number of para-hydroxylation sites is 2. The van der Waals surface area contributed by atoms with Crippen molar-refractivity contribution >= 4 is 24.0 Å². The van der Waals surface area contributed by atoms with Gasteiger partial charge in [-0.2, -0.15) is 0 Å². The average Bonchev–Trinajstić information content (AvgIpc) is 2.67. The molecule has 25 heavy (non-hydrogen) atoms. The highest BCUT2D eigenvalue weighted by Gasteiger charge is 2.17. The number of hydrogen-bond acceptors (Lipinski definition) is 3. The molecule has 3 aromatic carbocycles. The third-order valence-corrected chi connectivity index (χ3v) is 3.60. The van der Waals surface area contributed by atoms with Crippen molar-refractivity contribution in [2.45, 2.75) is 6.61 Å². The molecule has 0 bridgehead atoms. The Kier molecular flexibility index (Phi) is 6.57. The molecule has 0 heterocycles. The molecule has 0 aromatic heterocycles. The largest absolute Gasteiger partial charge is 0.487 e. The number of nitrogens with two attached hydrogens (primary N) is 1. The number of hydrogen-bond donors (Lipinski definition) is 1. The summed E-state index contributed by atoms with van der Waals surface area (Å²) in [7, 11) is 0. The maximum absolute atomic E-state index is 12.5. The second kappa shape index (κ2) is 8.87. The Hall–Kier alpha value is -2.82. The van der Waals surface area contributed by atoms with Crippen LogP contribution in [0.2, 0.25) is 0 Å². The molecule has 0 aliphatic rings. The molecule has 0 aliphatic carbocycles. The van der Waals surface area contributed by atoms with E-state index in [-0.39, 0.29) is 18.3 Å². The van der Waals surface area contributed by atoms with Gasteiger partial charge in [0.15, 0.2) is 0 Å². The maximum atomic E-state index is 12.5. The first kappa shape index (κ1) is 18.5. The number of anilines is 1. The molecule has 0 saturated heterocycles. The lowest BCUT2D eigenvalue weighted by atomic mass is 10.2. The molecule has 0 saturated carbocycles. The van der Waals surface area contributed by atoms with Crippen LogP contribution >= 0.6 is 12.4 Å². The van der Waals surface area contributed by atoms with Crippen LogP contribution in [0.25, 0.3) is 0 Å². The van der Waals surface area contributed by atoms with Crippen LogP contribution < -0.4 is 15.6 Å². The van der Waals surface area contributed by atoms with E-state index < -0.39 is 0 Å². The van der Waals surface area contributed by atoms with Crippen LogP contribution in [0.5, 0.6) is 5.75 Å². The van der Waals surface area contributed by atoms with Crippen LogP contribution in [-0.4, -0.2) is 5.91 Å². The summed E-state index contributed by atoms with van der Waals surface area (Å²) in [6.45, 7) is 0.408. The fourth-order valence-electron chi connectivity index (χ4n) is 2.34. The Labute approximate surface area is 153 Å². The molecule has 0 unspecified atom stereocenters. The summed E-state index contributed by atoms with van der Waals surface area (Å²) in [6.07, 6.45) is 0. The normalized spacial score (nSPS) is 9.80. The highest BCUT2D eigenvalue weighted by molar-refractivity contribution is 6.05. The summed E-state index contributed by atoms with van der Waals surface area (Å²) in [5.74, 6) is 6.32. The molecule has 0 spiro atoms. The van der Waals surface area contributed by atoms with Gasteiger partial charge in [-0.05, 0) is 29.8 Å². The maximum Gasteiger partial charge on any atom is 0.272 e. The zero-order valence-electron chi connectivity index (χ0n) is 13.5. The van der Waals surface area contributed by atoms with Gasteiger partial charge in [-0.3, -0.25) is 4.79 Å². The van der Waals surface area contributed by atoms with Crippen LogP contribution in [0.4, 0.5) is 5.69 Å². The van der Waals surface area contributed by atoms with E-state index in [0.717, 1.165) is 10.6 Å². The molecule has 0 radical (unpaired) electrons. The van der Waals surface area contributed by atoms with Gasteiger partial charge in [-0.25, -0.2) is 10.9 Å². The summed E-state index contributed by atoms with van der Waals surface area (Å²) < 4.78 is 5.86. The number of hydrazine groups is 1. The predicted molar refractivity (Wildman–Crippen MR) is 102 cm³/mol. The number of rotatable bonds is 5. The van der Waals surface area contributed by atoms with Gasteiger partial charge in [-0.15, -0.1) is 12.4 Å². The van der Waals surface area contributed by atoms with E-state index in [1.165, 1.54) is 0 Å². The Morgan fingerprint density at radius 3 is 2.08 bits per heavy atom. The minimum absolute atomic E-state index is 0. The number of nitrogens with zero attached hydrogens (tertiary/aromatic N) is 1. The van der Waals surface area contributed by atoms with Crippen molar-refractivity contribution in [2.75, 3.05) is 5.01 Å². The van der Waals surface area contributed by atoms with Crippen LogP contribution in [0, 0.1) is 0 Å². The topological polar surface area (TPSA) is 55.6 Å². The van der Waals surface area contributed by atoms with Gasteiger partial charge < -0.3 is 4.74 Å². The number of benzene rings is 3. The van der Waals surface area contributed by atoms with Gasteiger partial charge in [0, 0.05) is 5.56 Å². The quantitative estimate of drug-likeness (QED) is 0.424. The van der Waals surface area contributed by atoms with Crippen molar-refractivity contribution in [3.05, 3.63) is 96.1 Å². The minimum atomic E-state index is -0.286. The molecule has 2 N–H and O–H groups in total. The summed E-state index contributed by atoms with van der Waals surface area (Å²) in [4.78, 5) is 12.5. The summed E-state index contributed by atoms with van der Waals surface area (Å²) in [6, 6.07) is 26.0. The van der Waals surface area contributed by atoms with Crippen molar-refractivity contribution < 1.29 is 9.53 Å². The van der Waals surface area contributed by atoms with E-state index in [0.29, 0.717) is 23.6 Å². The second-order valence-electron chi connectivity index (χ2n) is 5.28. The molecule has 0 fully saturated rings. The van der Waals surface area contributed by atoms with E-state index >= 15 is 0 Å². The first-order chi connectivity index (χ1) is 11.8. The molecule has 0 atom stereocenters.